The van der Waals surface area contributed by atoms with Gasteiger partial charge in [-0.1, -0.05) is 34.4 Å². The topological polar surface area (TPSA) is 22.7 Å². The maximum atomic E-state index is 2.42. The fourth-order valence-corrected chi connectivity index (χ4v) is 4.89. The molecule has 0 aliphatic carbocycles. The quantitative estimate of drug-likeness (QED) is 0.388. The molecule has 0 N–H and O–H groups in total. The minimum absolute atomic E-state index is 0. The highest BCUT2D eigenvalue weighted by molar-refractivity contribution is 4.87. The molecule has 7 heteroatoms. The van der Waals surface area contributed by atoms with Crippen molar-refractivity contribution in [2.45, 2.75) is 67.2 Å². The zero-order chi connectivity index (χ0) is 27.3. The van der Waals surface area contributed by atoms with Crippen LogP contribution >= 0.6 is 0 Å². The van der Waals surface area contributed by atoms with E-state index in [-0.39, 0.29) is 22.3 Å². The zero-order valence-electron chi connectivity index (χ0n) is 26.1. The molecule has 7 nitrogen and oxygen atoms in total. The lowest BCUT2D eigenvalue weighted by molar-refractivity contribution is 0.222. The minimum atomic E-state index is 0. The molecule has 4 rings (SSSR count). The third-order valence-electron chi connectivity index (χ3n) is 7.79. The molecule has 3 fully saturated rings. The van der Waals surface area contributed by atoms with Crippen LogP contribution in [0.1, 0.15) is 67.2 Å². The Morgan fingerprint density at radius 2 is 0.575 bits per heavy atom. The first-order valence-electron chi connectivity index (χ1n) is 15.2. The van der Waals surface area contributed by atoms with Gasteiger partial charge in [0.25, 0.3) is 0 Å². The van der Waals surface area contributed by atoms with E-state index in [4.69, 9.17) is 0 Å². The maximum absolute atomic E-state index is 2.42. The van der Waals surface area contributed by atoms with Gasteiger partial charge in [-0.2, -0.15) is 0 Å². The van der Waals surface area contributed by atoms with Gasteiger partial charge in [0.15, 0.2) is 0 Å². The summed E-state index contributed by atoms with van der Waals surface area (Å²) in [4.78, 5) is 16.8. The van der Waals surface area contributed by atoms with Crippen LogP contribution in [0.3, 0.4) is 0 Å². The average Bonchev–Trinajstić information content (AvgIpc) is 3.21. The van der Waals surface area contributed by atoms with Crippen molar-refractivity contribution in [1.29, 1.82) is 0 Å². The number of rotatable bonds is 0. The van der Waals surface area contributed by atoms with E-state index in [0.29, 0.717) is 0 Å². The molecule has 4 heterocycles. The molecule has 4 aliphatic heterocycles. The van der Waals surface area contributed by atoms with Crippen LogP contribution < -0.4 is 0 Å². The van der Waals surface area contributed by atoms with E-state index in [0.717, 1.165) is 6.54 Å². The second kappa shape index (κ2) is 28.6. The van der Waals surface area contributed by atoms with Gasteiger partial charge in [-0.05, 0) is 153 Å². The van der Waals surface area contributed by atoms with Crippen molar-refractivity contribution >= 4 is 0 Å². The van der Waals surface area contributed by atoms with E-state index < -0.39 is 0 Å². The highest BCUT2D eigenvalue weighted by Crippen LogP contribution is 2.01. The van der Waals surface area contributed by atoms with Crippen molar-refractivity contribution in [3.8, 4) is 0 Å². The molecule has 0 aromatic carbocycles. The van der Waals surface area contributed by atoms with Crippen molar-refractivity contribution in [2.75, 3.05) is 141 Å². The Morgan fingerprint density at radius 3 is 0.925 bits per heavy atom. The SMILES string of the molecule is C.C.C.CN1CC=CCCC1.CN1CCCCN(C)CC1.CN1CCCN(C)CC1.CN1CCCN(C)CCC1. The molecule has 0 aromatic heterocycles. The first-order chi connectivity index (χ1) is 17.8. The minimum Gasteiger partial charge on any atom is -0.306 e. The summed E-state index contributed by atoms with van der Waals surface area (Å²) in [5.74, 6) is 0. The summed E-state index contributed by atoms with van der Waals surface area (Å²) in [5.41, 5.74) is 0. The Morgan fingerprint density at radius 1 is 0.300 bits per heavy atom. The lowest BCUT2D eigenvalue weighted by Gasteiger charge is -2.25. The largest absolute Gasteiger partial charge is 0.306 e. The van der Waals surface area contributed by atoms with Gasteiger partial charge in [0.2, 0.25) is 0 Å². The van der Waals surface area contributed by atoms with E-state index in [9.17, 15) is 0 Å². The molecule has 0 saturated carbocycles. The summed E-state index contributed by atoms with van der Waals surface area (Å²) in [6, 6.07) is 0. The van der Waals surface area contributed by atoms with Gasteiger partial charge in [0, 0.05) is 32.7 Å². The summed E-state index contributed by atoms with van der Waals surface area (Å²) in [6.07, 6.45) is 13.8. The molecule has 0 unspecified atom stereocenters. The number of hydrogen-bond donors (Lipinski definition) is 0. The lowest BCUT2D eigenvalue weighted by atomic mass is 10.2. The lowest BCUT2D eigenvalue weighted by Crippen LogP contribution is -2.34. The van der Waals surface area contributed by atoms with Crippen molar-refractivity contribution in [2.24, 2.45) is 0 Å². The summed E-state index contributed by atoms with van der Waals surface area (Å²) in [7, 11) is 15.4. The van der Waals surface area contributed by atoms with Gasteiger partial charge in [-0.25, -0.2) is 0 Å². The molecule has 0 radical (unpaired) electrons. The van der Waals surface area contributed by atoms with Crippen molar-refractivity contribution in [3.63, 3.8) is 0 Å². The van der Waals surface area contributed by atoms with E-state index >= 15 is 0 Å². The molecule has 244 valence electrons. The average molecular weight is 572 g/mol. The Bertz CT molecular complexity index is 503. The van der Waals surface area contributed by atoms with Gasteiger partial charge in [-0.15, -0.1) is 0 Å². The third-order valence-corrected chi connectivity index (χ3v) is 7.79. The first-order valence-corrected chi connectivity index (χ1v) is 15.2. The van der Waals surface area contributed by atoms with Gasteiger partial charge in [-0.3, -0.25) is 0 Å². The Balaban J connectivity index is -0.000000447. The Hall–Kier alpha value is -0.540. The van der Waals surface area contributed by atoms with Crippen LogP contribution in [-0.2, 0) is 0 Å². The van der Waals surface area contributed by atoms with Crippen LogP contribution in [0.4, 0.5) is 0 Å². The normalized spacial score (nSPS) is 23.4. The smallest absolute Gasteiger partial charge is 0.0160 e. The van der Waals surface area contributed by atoms with Gasteiger partial charge >= 0.3 is 0 Å². The standard InChI is InChI=1S/2C8H18N2.C7H16N2.C7H13N.3CH4/c1-9-5-3-7-10(2)8-4-6-9;1-9-5-3-4-6-10(2)8-7-9;1-8-4-3-5-9(2)7-6-8;1-8-6-4-2-3-5-7-8;;;/h2*3-8H2,1-2H3;3-7H2,1-2H3;2,4H,3,5-7H2,1H3;3*1H4. The molecule has 0 bridgehead atoms. The van der Waals surface area contributed by atoms with Crippen LogP contribution in [0, 0.1) is 0 Å². The van der Waals surface area contributed by atoms with Crippen molar-refractivity contribution in [1.82, 2.24) is 34.3 Å². The van der Waals surface area contributed by atoms with Gasteiger partial charge < -0.3 is 34.3 Å². The van der Waals surface area contributed by atoms with Gasteiger partial charge in [0.1, 0.15) is 0 Å². The van der Waals surface area contributed by atoms with Crippen LogP contribution in [0.25, 0.3) is 0 Å². The molecule has 0 spiro atoms. The molecule has 4 aliphatic rings. The predicted molar refractivity (Wildman–Crippen MR) is 184 cm³/mol. The summed E-state index contributed by atoms with van der Waals surface area (Å²) in [6.45, 7) is 17.5. The first kappa shape index (κ1) is 43.9. The number of likely N-dealkylation sites (N-methyl/N-ethyl adjacent to an activating group) is 5. The number of allylic oxidation sites excluding steroid dienone is 1. The molecule has 0 amide bonds. The molecule has 3 saturated heterocycles. The monoisotopic (exact) mass is 572 g/mol. The van der Waals surface area contributed by atoms with E-state index in [1.54, 1.807) is 0 Å². The highest BCUT2D eigenvalue weighted by Gasteiger charge is 2.07. The zero-order valence-corrected chi connectivity index (χ0v) is 26.1. The van der Waals surface area contributed by atoms with Gasteiger partial charge in [0.05, 0.1) is 0 Å². The second-order valence-corrected chi connectivity index (χ2v) is 12.0. The molecule has 40 heavy (non-hydrogen) atoms. The molecule has 0 aromatic rings. The van der Waals surface area contributed by atoms with E-state index in [2.05, 4.69) is 95.8 Å². The van der Waals surface area contributed by atoms with Crippen molar-refractivity contribution < 1.29 is 0 Å². The maximum Gasteiger partial charge on any atom is 0.0160 e. The Kier molecular flexibility index (Phi) is 31.4. The Labute approximate surface area is 254 Å². The van der Waals surface area contributed by atoms with E-state index in [1.807, 2.05) is 0 Å². The van der Waals surface area contributed by atoms with Crippen LogP contribution in [0.2, 0.25) is 0 Å². The van der Waals surface area contributed by atoms with Crippen LogP contribution in [0.5, 0.6) is 0 Å². The molecular weight excluding hydrogens is 494 g/mol. The molecular formula is C33H77N7. The summed E-state index contributed by atoms with van der Waals surface area (Å²) < 4.78 is 0. The summed E-state index contributed by atoms with van der Waals surface area (Å²) >= 11 is 0. The molecule has 0 atom stereocenters. The number of hydrogen-bond acceptors (Lipinski definition) is 7. The predicted octanol–water partition coefficient (Wildman–Crippen LogP) is 4.72. The van der Waals surface area contributed by atoms with Crippen LogP contribution in [-0.4, -0.2) is 175 Å². The highest BCUT2D eigenvalue weighted by atomic mass is 15.2. The summed E-state index contributed by atoms with van der Waals surface area (Å²) in [5, 5.41) is 0. The van der Waals surface area contributed by atoms with E-state index in [1.165, 1.54) is 130 Å². The fraction of sp³-hybridized carbons (Fsp3) is 0.939. The van der Waals surface area contributed by atoms with Crippen LogP contribution in [0.15, 0.2) is 12.2 Å². The number of nitrogens with zero attached hydrogens (tertiary/aromatic N) is 7. The fourth-order valence-electron chi connectivity index (χ4n) is 4.89. The van der Waals surface area contributed by atoms with Crippen molar-refractivity contribution in [3.05, 3.63) is 12.2 Å². The second-order valence-electron chi connectivity index (χ2n) is 12.0. The third kappa shape index (κ3) is 26.4.